The lowest BCUT2D eigenvalue weighted by molar-refractivity contribution is 0.203. The Morgan fingerprint density at radius 1 is 1.59 bits per heavy atom. The third-order valence-electron chi connectivity index (χ3n) is 2.23. The number of hydrogen-bond donors (Lipinski definition) is 1. The summed E-state index contributed by atoms with van der Waals surface area (Å²) in [6.45, 7) is 2.52. The van der Waals surface area contributed by atoms with Gasteiger partial charge < -0.3 is 9.84 Å². The highest BCUT2D eigenvalue weighted by molar-refractivity contribution is 7.22. The molecule has 0 spiro atoms. The molecular formula is C11H12N2O3S. The Morgan fingerprint density at radius 2 is 2.35 bits per heavy atom. The van der Waals surface area contributed by atoms with Crippen LogP contribution in [0.25, 0.3) is 10.2 Å². The fourth-order valence-electron chi connectivity index (χ4n) is 1.37. The average molecular weight is 252 g/mol. The van der Waals surface area contributed by atoms with Gasteiger partial charge in [0.2, 0.25) is 0 Å². The van der Waals surface area contributed by atoms with Crippen LogP contribution < -0.4 is 9.64 Å². The van der Waals surface area contributed by atoms with Gasteiger partial charge in [-0.3, -0.25) is 4.90 Å². The van der Waals surface area contributed by atoms with Crippen molar-refractivity contribution in [2.45, 2.75) is 6.92 Å². The minimum absolute atomic E-state index is 0.459. The molecule has 2 rings (SSSR count). The number of anilines is 1. The first-order valence-electron chi connectivity index (χ1n) is 5.12. The van der Waals surface area contributed by atoms with Crippen LogP contribution in [0.15, 0.2) is 18.2 Å². The molecule has 0 radical (unpaired) electrons. The van der Waals surface area contributed by atoms with E-state index in [4.69, 9.17) is 9.84 Å². The zero-order valence-corrected chi connectivity index (χ0v) is 10.3. The Hall–Kier alpha value is -1.82. The molecule has 1 N–H and O–H groups in total. The zero-order chi connectivity index (χ0) is 12.4. The number of hydrogen-bond acceptors (Lipinski definition) is 4. The van der Waals surface area contributed by atoms with Crippen molar-refractivity contribution in [1.29, 1.82) is 0 Å². The largest absolute Gasteiger partial charge is 0.494 e. The molecule has 1 aromatic heterocycles. The normalized spacial score (nSPS) is 10.5. The molecule has 1 heterocycles. The van der Waals surface area contributed by atoms with Crippen LogP contribution in [-0.4, -0.2) is 29.8 Å². The molecule has 1 aromatic carbocycles. The van der Waals surface area contributed by atoms with Gasteiger partial charge in [-0.2, -0.15) is 0 Å². The van der Waals surface area contributed by atoms with Crippen molar-refractivity contribution in [3.63, 3.8) is 0 Å². The third kappa shape index (κ3) is 2.31. The maximum atomic E-state index is 10.8. The van der Waals surface area contributed by atoms with Crippen LogP contribution in [-0.2, 0) is 0 Å². The highest BCUT2D eigenvalue weighted by Gasteiger charge is 2.13. The maximum absolute atomic E-state index is 10.8. The van der Waals surface area contributed by atoms with Gasteiger partial charge in [0.25, 0.3) is 0 Å². The van der Waals surface area contributed by atoms with Gasteiger partial charge in [-0.15, -0.1) is 0 Å². The van der Waals surface area contributed by atoms with Gasteiger partial charge in [0, 0.05) is 7.05 Å². The second-order valence-electron chi connectivity index (χ2n) is 3.40. The molecule has 90 valence electrons. The van der Waals surface area contributed by atoms with Crippen LogP contribution in [0.1, 0.15) is 6.92 Å². The van der Waals surface area contributed by atoms with Crippen LogP contribution in [0.2, 0.25) is 0 Å². The number of amides is 1. The topological polar surface area (TPSA) is 62.7 Å². The standard InChI is InChI=1S/C11H12N2O3S/c1-3-16-7-4-5-8-9(6-7)17-10(12-8)13(2)11(14)15/h4-6H,3H2,1-2H3,(H,14,15). The molecule has 0 saturated heterocycles. The summed E-state index contributed by atoms with van der Waals surface area (Å²) < 4.78 is 6.30. The van der Waals surface area contributed by atoms with Crippen molar-refractivity contribution < 1.29 is 14.6 Å². The highest BCUT2D eigenvalue weighted by Crippen LogP contribution is 2.30. The monoisotopic (exact) mass is 252 g/mol. The summed E-state index contributed by atoms with van der Waals surface area (Å²) in [6.07, 6.45) is -1.02. The first kappa shape index (κ1) is 11.7. The molecule has 0 unspecified atom stereocenters. The first-order chi connectivity index (χ1) is 8.11. The lowest BCUT2D eigenvalue weighted by Gasteiger charge is -2.06. The number of benzene rings is 1. The lowest BCUT2D eigenvalue weighted by atomic mass is 10.3. The first-order valence-corrected chi connectivity index (χ1v) is 5.93. The quantitative estimate of drug-likeness (QED) is 0.912. The minimum Gasteiger partial charge on any atom is -0.494 e. The van der Waals surface area contributed by atoms with Gasteiger partial charge in [0.15, 0.2) is 5.13 Å². The molecule has 0 aliphatic rings. The van der Waals surface area contributed by atoms with Crippen LogP contribution in [0.4, 0.5) is 9.93 Å². The third-order valence-corrected chi connectivity index (χ3v) is 3.33. The molecule has 6 heteroatoms. The summed E-state index contributed by atoms with van der Waals surface area (Å²) in [4.78, 5) is 16.2. The van der Waals surface area contributed by atoms with Crippen molar-refractivity contribution in [3.8, 4) is 5.75 Å². The summed E-state index contributed by atoms with van der Waals surface area (Å²) in [6, 6.07) is 5.53. The molecule has 0 aliphatic heterocycles. The van der Waals surface area contributed by atoms with Gasteiger partial charge in [0.05, 0.1) is 16.8 Å². The van der Waals surface area contributed by atoms with Gasteiger partial charge in [-0.1, -0.05) is 11.3 Å². The summed E-state index contributed by atoms with van der Waals surface area (Å²) in [5, 5.41) is 9.33. The molecule has 1 amide bonds. The molecule has 0 aliphatic carbocycles. The molecule has 0 atom stereocenters. The van der Waals surface area contributed by atoms with E-state index in [1.54, 1.807) is 0 Å². The maximum Gasteiger partial charge on any atom is 0.413 e. The van der Waals surface area contributed by atoms with E-state index in [9.17, 15) is 4.79 Å². The molecular weight excluding hydrogens is 240 g/mol. The van der Waals surface area contributed by atoms with E-state index in [1.165, 1.54) is 18.4 Å². The van der Waals surface area contributed by atoms with Crippen LogP contribution in [0, 0.1) is 0 Å². The Morgan fingerprint density at radius 3 is 3.00 bits per heavy atom. The number of thiazole rings is 1. The van der Waals surface area contributed by atoms with Crippen molar-refractivity contribution in [1.82, 2.24) is 4.98 Å². The van der Waals surface area contributed by atoms with Crippen molar-refractivity contribution in [2.24, 2.45) is 0 Å². The van der Waals surface area contributed by atoms with E-state index >= 15 is 0 Å². The second kappa shape index (κ2) is 4.58. The van der Waals surface area contributed by atoms with E-state index in [0.717, 1.165) is 20.9 Å². The number of carboxylic acid groups (broad SMARTS) is 1. The fourth-order valence-corrected chi connectivity index (χ4v) is 2.32. The molecule has 0 saturated carbocycles. The molecule has 5 nitrogen and oxygen atoms in total. The van der Waals surface area contributed by atoms with E-state index in [1.807, 2.05) is 25.1 Å². The van der Waals surface area contributed by atoms with Crippen LogP contribution in [0.3, 0.4) is 0 Å². The lowest BCUT2D eigenvalue weighted by Crippen LogP contribution is -2.23. The SMILES string of the molecule is CCOc1ccc2nc(N(C)C(=O)O)sc2c1. The molecule has 17 heavy (non-hydrogen) atoms. The summed E-state index contributed by atoms with van der Waals surface area (Å²) >= 11 is 1.33. The Bertz CT molecular complexity index is 553. The highest BCUT2D eigenvalue weighted by atomic mass is 32.1. The molecule has 2 aromatic rings. The predicted molar refractivity (Wildman–Crippen MR) is 67.2 cm³/mol. The predicted octanol–water partition coefficient (Wildman–Crippen LogP) is 2.81. The van der Waals surface area contributed by atoms with E-state index < -0.39 is 6.09 Å². The molecule has 0 bridgehead atoms. The minimum atomic E-state index is -1.02. The number of fused-ring (bicyclic) bond motifs is 1. The van der Waals surface area contributed by atoms with Crippen molar-refractivity contribution in [2.75, 3.05) is 18.6 Å². The van der Waals surface area contributed by atoms with Crippen molar-refractivity contribution >= 4 is 32.8 Å². The fraction of sp³-hybridized carbons (Fsp3) is 0.273. The summed E-state index contributed by atoms with van der Waals surface area (Å²) in [7, 11) is 1.48. The number of rotatable bonds is 3. The number of carbonyl (C=O) groups is 1. The zero-order valence-electron chi connectivity index (χ0n) is 9.51. The van der Waals surface area contributed by atoms with E-state index in [0.29, 0.717) is 11.7 Å². The smallest absolute Gasteiger partial charge is 0.413 e. The Labute approximate surface area is 102 Å². The Kier molecular flexibility index (Phi) is 3.14. The summed E-state index contributed by atoms with van der Waals surface area (Å²) in [5.74, 6) is 0.771. The summed E-state index contributed by atoms with van der Waals surface area (Å²) in [5.41, 5.74) is 0.779. The number of ether oxygens (including phenoxy) is 1. The molecule has 0 fully saturated rings. The van der Waals surface area contributed by atoms with Gasteiger partial charge in [-0.05, 0) is 25.1 Å². The van der Waals surface area contributed by atoms with E-state index in [2.05, 4.69) is 4.98 Å². The van der Waals surface area contributed by atoms with Crippen LogP contribution >= 0.6 is 11.3 Å². The van der Waals surface area contributed by atoms with Gasteiger partial charge >= 0.3 is 6.09 Å². The van der Waals surface area contributed by atoms with Crippen molar-refractivity contribution in [3.05, 3.63) is 18.2 Å². The van der Waals surface area contributed by atoms with E-state index in [-0.39, 0.29) is 0 Å². The van der Waals surface area contributed by atoms with Gasteiger partial charge in [0.1, 0.15) is 5.75 Å². The number of aromatic nitrogens is 1. The number of nitrogens with zero attached hydrogens (tertiary/aromatic N) is 2. The second-order valence-corrected chi connectivity index (χ2v) is 4.41. The van der Waals surface area contributed by atoms with Gasteiger partial charge in [-0.25, -0.2) is 9.78 Å². The average Bonchev–Trinajstić information content (AvgIpc) is 2.71. The van der Waals surface area contributed by atoms with Crippen LogP contribution in [0.5, 0.6) is 5.75 Å². The Balaban J connectivity index is 2.40.